The number of hydrogen-bond donors (Lipinski definition) is 1. The maximum Gasteiger partial charge on any atom is 0.319 e. The van der Waals surface area contributed by atoms with Gasteiger partial charge in [-0.1, -0.05) is 0 Å². The molecule has 0 aromatic carbocycles. The summed E-state index contributed by atoms with van der Waals surface area (Å²) in [5.41, 5.74) is 0. The molecule has 1 unspecified atom stereocenters. The molecule has 19 heavy (non-hydrogen) atoms. The second kappa shape index (κ2) is 6.26. The van der Waals surface area contributed by atoms with Gasteiger partial charge in [0.05, 0.1) is 0 Å². The zero-order valence-electron chi connectivity index (χ0n) is 11.7. The summed E-state index contributed by atoms with van der Waals surface area (Å²) in [5, 5.41) is 8.72. The number of hydrogen-bond acceptors (Lipinski definition) is 2. The van der Waals surface area contributed by atoms with E-state index in [9.17, 15) is 9.59 Å². The van der Waals surface area contributed by atoms with Crippen molar-refractivity contribution in [3.8, 4) is 0 Å². The summed E-state index contributed by atoms with van der Waals surface area (Å²) in [7, 11) is 1.88. The number of carbonyl (C=O) groups excluding carboxylic acids is 1. The van der Waals surface area contributed by atoms with E-state index in [4.69, 9.17) is 5.11 Å². The molecule has 0 aromatic heterocycles. The van der Waals surface area contributed by atoms with Gasteiger partial charge in [0.2, 0.25) is 0 Å². The van der Waals surface area contributed by atoms with Crippen LogP contribution in [0.3, 0.4) is 0 Å². The summed E-state index contributed by atoms with van der Waals surface area (Å²) < 4.78 is 0. The van der Waals surface area contributed by atoms with Crippen LogP contribution in [0, 0.1) is 11.8 Å². The molecular weight excluding hydrogens is 244 g/mol. The monoisotopic (exact) mass is 268 g/mol. The first-order valence-corrected chi connectivity index (χ1v) is 7.28. The van der Waals surface area contributed by atoms with E-state index in [1.807, 2.05) is 16.8 Å². The lowest BCUT2D eigenvalue weighted by atomic mass is 9.93. The van der Waals surface area contributed by atoms with Crippen molar-refractivity contribution in [3.05, 3.63) is 0 Å². The largest absolute Gasteiger partial charge is 0.481 e. The van der Waals surface area contributed by atoms with Crippen LogP contribution in [-0.4, -0.2) is 53.6 Å². The lowest BCUT2D eigenvalue weighted by Crippen LogP contribution is -2.46. The minimum atomic E-state index is -0.741. The zero-order valence-corrected chi connectivity index (χ0v) is 11.7. The predicted molar refractivity (Wildman–Crippen MR) is 71.9 cm³/mol. The minimum Gasteiger partial charge on any atom is -0.481 e. The summed E-state index contributed by atoms with van der Waals surface area (Å²) in [6, 6.07) is 0.118. The average molecular weight is 268 g/mol. The van der Waals surface area contributed by atoms with Crippen LogP contribution in [-0.2, 0) is 4.79 Å². The SMILES string of the molecule is CN(CC1CC1)C(=O)N1CCCC(CCC(=O)O)C1. The normalized spacial score (nSPS) is 23.2. The van der Waals surface area contributed by atoms with Crippen LogP contribution in [0.1, 0.15) is 38.5 Å². The molecule has 2 amide bonds. The maximum absolute atomic E-state index is 12.3. The summed E-state index contributed by atoms with van der Waals surface area (Å²) in [6.07, 6.45) is 5.43. The molecule has 0 bridgehead atoms. The molecule has 5 heteroatoms. The Morgan fingerprint density at radius 1 is 1.26 bits per heavy atom. The van der Waals surface area contributed by atoms with Gasteiger partial charge in [-0.2, -0.15) is 0 Å². The Morgan fingerprint density at radius 2 is 2.00 bits per heavy atom. The summed E-state index contributed by atoms with van der Waals surface area (Å²) in [4.78, 5) is 26.6. The highest BCUT2D eigenvalue weighted by molar-refractivity contribution is 5.74. The predicted octanol–water partition coefficient (Wildman–Crippen LogP) is 2.03. The van der Waals surface area contributed by atoms with E-state index >= 15 is 0 Å². The molecule has 0 radical (unpaired) electrons. The number of rotatable bonds is 5. The van der Waals surface area contributed by atoms with Crippen molar-refractivity contribution in [2.24, 2.45) is 11.8 Å². The molecule has 2 fully saturated rings. The lowest BCUT2D eigenvalue weighted by Gasteiger charge is -2.35. The quantitative estimate of drug-likeness (QED) is 0.830. The van der Waals surface area contributed by atoms with Crippen LogP contribution in [0.15, 0.2) is 0 Å². The topological polar surface area (TPSA) is 60.9 Å². The number of amides is 2. The molecule has 0 spiro atoms. The Morgan fingerprint density at radius 3 is 2.63 bits per heavy atom. The van der Waals surface area contributed by atoms with E-state index in [0.717, 1.165) is 32.5 Å². The van der Waals surface area contributed by atoms with Gasteiger partial charge >= 0.3 is 12.0 Å². The fourth-order valence-corrected chi connectivity index (χ4v) is 2.81. The van der Waals surface area contributed by atoms with Crippen molar-refractivity contribution in [2.75, 3.05) is 26.7 Å². The number of carboxylic acids is 1. The fraction of sp³-hybridized carbons (Fsp3) is 0.857. The summed E-state index contributed by atoms with van der Waals surface area (Å²) >= 11 is 0. The highest BCUT2D eigenvalue weighted by Crippen LogP contribution is 2.30. The standard InChI is InChI=1S/C14H24N2O3/c1-15(9-12-4-5-12)14(19)16-8-2-3-11(10-16)6-7-13(17)18/h11-12H,2-10H2,1H3,(H,17,18). The Labute approximate surface area is 114 Å². The molecule has 1 saturated heterocycles. The van der Waals surface area contributed by atoms with Gasteiger partial charge in [-0.15, -0.1) is 0 Å². The highest BCUT2D eigenvalue weighted by atomic mass is 16.4. The van der Waals surface area contributed by atoms with Crippen LogP contribution in [0.4, 0.5) is 4.79 Å². The second-order valence-corrected chi connectivity index (χ2v) is 5.99. The van der Waals surface area contributed by atoms with Gasteiger partial charge in [0, 0.05) is 33.1 Å². The summed E-state index contributed by atoms with van der Waals surface area (Å²) in [5.74, 6) is 0.318. The Kier molecular flexibility index (Phi) is 4.66. The molecule has 1 atom stereocenters. The number of aliphatic carboxylic acids is 1. The van der Waals surface area contributed by atoms with Crippen LogP contribution in [0.2, 0.25) is 0 Å². The molecule has 2 rings (SSSR count). The molecule has 1 heterocycles. The molecule has 1 saturated carbocycles. The third-order valence-electron chi connectivity index (χ3n) is 4.11. The van der Waals surface area contributed by atoms with Gasteiger partial charge in [-0.25, -0.2) is 4.79 Å². The second-order valence-electron chi connectivity index (χ2n) is 5.99. The van der Waals surface area contributed by atoms with E-state index in [1.165, 1.54) is 12.8 Å². The van der Waals surface area contributed by atoms with Crippen LogP contribution in [0.5, 0.6) is 0 Å². The fourth-order valence-electron chi connectivity index (χ4n) is 2.81. The first kappa shape index (κ1) is 14.2. The Hall–Kier alpha value is -1.26. The molecule has 1 N–H and O–H groups in total. The van der Waals surface area contributed by atoms with Crippen molar-refractivity contribution in [1.29, 1.82) is 0 Å². The Bertz CT molecular complexity index is 342. The van der Waals surface area contributed by atoms with Gasteiger partial charge in [-0.05, 0) is 43.9 Å². The van der Waals surface area contributed by atoms with Crippen molar-refractivity contribution in [3.63, 3.8) is 0 Å². The molecule has 2 aliphatic rings. The van der Waals surface area contributed by atoms with E-state index in [-0.39, 0.29) is 12.5 Å². The van der Waals surface area contributed by atoms with E-state index in [1.54, 1.807) is 0 Å². The third-order valence-corrected chi connectivity index (χ3v) is 4.11. The van der Waals surface area contributed by atoms with Gasteiger partial charge < -0.3 is 14.9 Å². The number of carbonyl (C=O) groups is 2. The van der Waals surface area contributed by atoms with Gasteiger partial charge in [0.25, 0.3) is 0 Å². The zero-order chi connectivity index (χ0) is 13.8. The first-order chi connectivity index (χ1) is 9.06. The average Bonchev–Trinajstić information content (AvgIpc) is 3.19. The number of urea groups is 1. The van der Waals surface area contributed by atoms with Gasteiger partial charge in [-0.3, -0.25) is 4.79 Å². The van der Waals surface area contributed by atoms with E-state index in [2.05, 4.69) is 0 Å². The number of likely N-dealkylation sites (tertiary alicyclic amines) is 1. The highest BCUT2D eigenvalue weighted by Gasteiger charge is 2.29. The van der Waals surface area contributed by atoms with E-state index in [0.29, 0.717) is 18.3 Å². The number of nitrogens with zero attached hydrogens (tertiary/aromatic N) is 2. The van der Waals surface area contributed by atoms with Crippen molar-refractivity contribution in [2.45, 2.75) is 38.5 Å². The van der Waals surface area contributed by atoms with Crippen molar-refractivity contribution in [1.82, 2.24) is 9.80 Å². The smallest absolute Gasteiger partial charge is 0.319 e. The number of carboxylic acid groups (broad SMARTS) is 1. The van der Waals surface area contributed by atoms with Crippen LogP contribution in [0.25, 0.3) is 0 Å². The first-order valence-electron chi connectivity index (χ1n) is 7.28. The molecule has 1 aliphatic heterocycles. The van der Waals surface area contributed by atoms with Crippen LogP contribution < -0.4 is 0 Å². The molecule has 1 aliphatic carbocycles. The van der Waals surface area contributed by atoms with Crippen molar-refractivity contribution >= 4 is 12.0 Å². The van der Waals surface area contributed by atoms with Gasteiger partial charge in [0.15, 0.2) is 0 Å². The number of piperidine rings is 1. The third kappa shape index (κ3) is 4.40. The molecular formula is C14H24N2O3. The Balaban J connectivity index is 1.78. The molecule has 5 nitrogen and oxygen atoms in total. The molecule has 108 valence electrons. The lowest BCUT2D eigenvalue weighted by molar-refractivity contribution is -0.137. The van der Waals surface area contributed by atoms with Gasteiger partial charge in [0.1, 0.15) is 0 Å². The van der Waals surface area contributed by atoms with Crippen molar-refractivity contribution < 1.29 is 14.7 Å². The summed E-state index contributed by atoms with van der Waals surface area (Å²) in [6.45, 7) is 2.41. The minimum absolute atomic E-state index is 0.118. The maximum atomic E-state index is 12.3. The van der Waals surface area contributed by atoms with E-state index < -0.39 is 5.97 Å². The molecule has 0 aromatic rings. The van der Waals surface area contributed by atoms with Crippen LogP contribution >= 0.6 is 0 Å².